The number of Topliss-reactive ketones (excluding diaryl/α,β-unsaturated/α-hetero) is 1. The highest BCUT2D eigenvalue weighted by molar-refractivity contribution is 7.92. The number of nitrogens with one attached hydrogen (secondary N) is 3. The molecule has 3 N–H and O–H groups in total. The standard InChI is InChI=1S/C28H31N5O6S/c1-38-21-13-19(14-22(16-21)39-2)29-26-27(32-25-9-4-3-8-24(25)31-26)33-40(36,37)23-7-5-6-18(15-23)30-28(35)17-10-11-20(34)12-17/h4-7,9,13,15-17,19H,3,8,10-12,14H2,1-2H3,(H,29,31)(H,30,35)(H,32,33). The van der Waals surface area contributed by atoms with Crippen LogP contribution in [-0.4, -0.2) is 50.3 Å². The van der Waals surface area contributed by atoms with Crippen molar-refractivity contribution in [2.24, 2.45) is 5.92 Å². The zero-order chi connectivity index (χ0) is 28.3. The van der Waals surface area contributed by atoms with Gasteiger partial charge >= 0.3 is 0 Å². The van der Waals surface area contributed by atoms with Gasteiger partial charge in [0, 0.05) is 36.9 Å². The van der Waals surface area contributed by atoms with E-state index in [9.17, 15) is 18.0 Å². The van der Waals surface area contributed by atoms with Crippen LogP contribution in [0.15, 0.2) is 58.9 Å². The predicted molar refractivity (Wildman–Crippen MR) is 150 cm³/mol. The van der Waals surface area contributed by atoms with Crippen molar-refractivity contribution in [3.8, 4) is 0 Å². The SMILES string of the molecule is COC1=CC(Nc2nc3c(nc2NS(=O)(=O)c2cccc(NC(=O)C4CCC(=O)C4)c2)C=CCC3)CC(OC)=C1. The van der Waals surface area contributed by atoms with Gasteiger partial charge < -0.3 is 20.1 Å². The van der Waals surface area contributed by atoms with Crippen LogP contribution in [0.4, 0.5) is 17.3 Å². The Kier molecular flexibility index (Phi) is 7.88. The molecule has 0 spiro atoms. The number of aryl methyl sites for hydroxylation is 1. The van der Waals surface area contributed by atoms with Crippen molar-refractivity contribution in [1.29, 1.82) is 0 Å². The van der Waals surface area contributed by atoms with Crippen LogP contribution in [0.25, 0.3) is 6.08 Å². The van der Waals surface area contributed by atoms with Crippen molar-refractivity contribution in [2.75, 3.05) is 29.6 Å². The summed E-state index contributed by atoms with van der Waals surface area (Å²) in [5.74, 6) is 0.993. The zero-order valence-electron chi connectivity index (χ0n) is 22.3. The Balaban J connectivity index is 1.41. The minimum Gasteiger partial charge on any atom is -0.501 e. The summed E-state index contributed by atoms with van der Waals surface area (Å²) in [6, 6.07) is 5.67. The van der Waals surface area contributed by atoms with Gasteiger partial charge in [0.25, 0.3) is 10.0 Å². The Bertz CT molecular complexity index is 1530. The third-order valence-corrected chi connectivity index (χ3v) is 8.33. The lowest BCUT2D eigenvalue weighted by molar-refractivity contribution is -0.122. The van der Waals surface area contributed by atoms with Crippen molar-refractivity contribution in [2.45, 2.75) is 49.5 Å². The van der Waals surface area contributed by atoms with Gasteiger partial charge in [0.05, 0.1) is 36.5 Å². The Morgan fingerprint density at radius 1 is 1.07 bits per heavy atom. The average molecular weight is 566 g/mol. The minimum atomic E-state index is -4.12. The number of allylic oxidation sites excluding steroid dienone is 2. The number of rotatable bonds is 9. The first-order chi connectivity index (χ1) is 19.2. The lowest BCUT2D eigenvalue weighted by atomic mass is 10.1. The second-order valence-electron chi connectivity index (χ2n) is 9.84. The molecule has 0 saturated heterocycles. The number of ether oxygens (including phenoxy) is 2. The minimum absolute atomic E-state index is 0.0464. The largest absolute Gasteiger partial charge is 0.501 e. The van der Waals surface area contributed by atoms with Crippen LogP contribution >= 0.6 is 0 Å². The molecule has 1 amide bonds. The molecule has 1 aromatic carbocycles. The number of benzene rings is 1. The summed E-state index contributed by atoms with van der Waals surface area (Å²) in [4.78, 5) is 33.4. The van der Waals surface area contributed by atoms with Gasteiger partial charge in [0.15, 0.2) is 11.6 Å². The molecule has 1 fully saturated rings. The molecule has 3 aliphatic carbocycles. The van der Waals surface area contributed by atoms with Crippen LogP contribution in [-0.2, 0) is 35.5 Å². The molecule has 0 radical (unpaired) electrons. The quantitative estimate of drug-likeness (QED) is 0.413. The van der Waals surface area contributed by atoms with Gasteiger partial charge in [-0.05, 0) is 49.6 Å². The Morgan fingerprint density at radius 2 is 1.93 bits per heavy atom. The number of sulfonamides is 1. The van der Waals surface area contributed by atoms with Gasteiger partial charge in [-0.15, -0.1) is 0 Å². The molecule has 1 aromatic heterocycles. The van der Waals surface area contributed by atoms with Crippen LogP contribution in [0.2, 0.25) is 0 Å². The van der Waals surface area contributed by atoms with E-state index in [1.54, 1.807) is 32.4 Å². The van der Waals surface area contributed by atoms with Gasteiger partial charge in [-0.1, -0.05) is 12.1 Å². The Hall–Kier alpha value is -4.19. The van der Waals surface area contributed by atoms with Crippen LogP contribution in [0.3, 0.4) is 0 Å². The first kappa shape index (κ1) is 27.4. The fourth-order valence-electron chi connectivity index (χ4n) is 4.87. The number of aromatic nitrogens is 2. The van der Waals surface area contributed by atoms with E-state index in [4.69, 9.17) is 14.5 Å². The number of carbonyl (C=O) groups excluding carboxylic acids is 2. The highest BCUT2D eigenvalue weighted by Crippen LogP contribution is 2.30. The van der Waals surface area contributed by atoms with Crippen molar-refractivity contribution >= 4 is 45.1 Å². The number of methoxy groups -OCH3 is 2. The molecule has 1 heterocycles. The van der Waals surface area contributed by atoms with Crippen molar-refractivity contribution in [1.82, 2.24) is 9.97 Å². The van der Waals surface area contributed by atoms with E-state index in [1.165, 1.54) is 12.1 Å². The van der Waals surface area contributed by atoms with E-state index in [1.807, 2.05) is 18.2 Å². The molecule has 0 aliphatic heterocycles. The summed E-state index contributed by atoms with van der Waals surface area (Å²) < 4.78 is 40.4. The molecule has 3 aliphatic rings. The number of anilines is 3. The summed E-state index contributed by atoms with van der Waals surface area (Å²) in [5.41, 5.74) is 1.68. The lowest BCUT2D eigenvalue weighted by Gasteiger charge is -2.24. The first-order valence-corrected chi connectivity index (χ1v) is 14.5. The molecule has 12 heteroatoms. The number of fused-ring (bicyclic) bond motifs is 1. The van der Waals surface area contributed by atoms with Crippen LogP contribution in [0.5, 0.6) is 0 Å². The van der Waals surface area contributed by atoms with E-state index >= 15 is 0 Å². The highest BCUT2D eigenvalue weighted by Gasteiger charge is 2.29. The number of ketones is 1. The highest BCUT2D eigenvalue weighted by atomic mass is 32.2. The maximum absolute atomic E-state index is 13.5. The summed E-state index contributed by atoms with van der Waals surface area (Å²) in [6.45, 7) is 0. The smallest absolute Gasteiger partial charge is 0.263 e. The molecule has 1 saturated carbocycles. The molecule has 5 rings (SSSR count). The molecule has 210 valence electrons. The maximum atomic E-state index is 13.5. The number of hydrogen-bond donors (Lipinski definition) is 3. The number of amides is 1. The number of hydrogen-bond acceptors (Lipinski definition) is 9. The van der Waals surface area contributed by atoms with E-state index in [0.717, 1.165) is 12.1 Å². The molecule has 11 nitrogen and oxygen atoms in total. The summed E-state index contributed by atoms with van der Waals surface area (Å²) in [5, 5.41) is 6.03. The topological polar surface area (TPSA) is 149 Å². The average Bonchev–Trinajstić information content (AvgIpc) is 3.39. The molecule has 2 atom stereocenters. The van der Waals surface area contributed by atoms with Crippen LogP contribution < -0.4 is 15.4 Å². The second-order valence-corrected chi connectivity index (χ2v) is 11.5. The first-order valence-electron chi connectivity index (χ1n) is 13.0. The number of carbonyl (C=O) groups is 2. The van der Waals surface area contributed by atoms with E-state index in [2.05, 4.69) is 20.3 Å². The molecule has 2 aromatic rings. The normalized spacial score (nSPS) is 20.2. The van der Waals surface area contributed by atoms with Gasteiger partial charge in [-0.25, -0.2) is 18.4 Å². The van der Waals surface area contributed by atoms with Crippen LogP contribution in [0, 0.1) is 5.92 Å². The number of nitrogens with zero attached hydrogens (tertiary/aromatic N) is 2. The predicted octanol–water partition coefficient (Wildman–Crippen LogP) is 3.79. The molecular weight excluding hydrogens is 534 g/mol. The third kappa shape index (κ3) is 6.17. The lowest BCUT2D eigenvalue weighted by Crippen LogP contribution is -2.25. The summed E-state index contributed by atoms with van der Waals surface area (Å²) in [7, 11) is -0.977. The van der Waals surface area contributed by atoms with Crippen LogP contribution in [0.1, 0.15) is 43.5 Å². The van der Waals surface area contributed by atoms with Gasteiger partial charge in [0.1, 0.15) is 17.3 Å². The Labute approximate surface area is 232 Å². The fraction of sp³-hybridized carbons (Fsp3) is 0.357. The zero-order valence-corrected chi connectivity index (χ0v) is 23.1. The van der Waals surface area contributed by atoms with Gasteiger partial charge in [-0.3, -0.25) is 14.3 Å². The summed E-state index contributed by atoms with van der Waals surface area (Å²) in [6.07, 6.45) is 10.5. The Morgan fingerprint density at radius 3 is 2.67 bits per heavy atom. The third-order valence-electron chi connectivity index (χ3n) is 6.99. The second kappa shape index (κ2) is 11.5. The van der Waals surface area contributed by atoms with Crippen molar-refractivity contribution < 1.29 is 27.5 Å². The molecular formula is C28H31N5O6S. The maximum Gasteiger partial charge on any atom is 0.263 e. The molecule has 2 unspecified atom stereocenters. The van der Waals surface area contributed by atoms with E-state index < -0.39 is 15.9 Å². The van der Waals surface area contributed by atoms with Crippen molar-refractivity contribution in [3.05, 3.63) is 65.4 Å². The summed E-state index contributed by atoms with van der Waals surface area (Å²) >= 11 is 0. The molecule has 0 bridgehead atoms. The molecule has 40 heavy (non-hydrogen) atoms. The van der Waals surface area contributed by atoms with E-state index in [0.29, 0.717) is 48.6 Å². The fourth-order valence-corrected chi connectivity index (χ4v) is 5.93. The van der Waals surface area contributed by atoms with Gasteiger partial charge in [0.2, 0.25) is 5.91 Å². The van der Waals surface area contributed by atoms with Crippen molar-refractivity contribution in [3.63, 3.8) is 0 Å². The van der Waals surface area contributed by atoms with Gasteiger partial charge in [-0.2, -0.15) is 0 Å². The monoisotopic (exact) mass is 565 g/mol. The van der Waals surface area contributed by atoms with E-state index in [-0.39, 0.29) is 40.7 Å².